The molecule has 0 fully saturated rings. The topological polar surface area (TPSA) is 49.0 Å². The number of nitrogens with one attached hydrogen (secondary N) is 2. The van der Waals surface area contributed by atoms with Gasteiger partial charge < -0.3 is 34.7 Å². The number of quaternary nitrogens is 1. The molecule has 0 bridgehead atoms. The van der Waals surface area contributed by atoms with Crippen LogP contribution >= 0.6 is 0 Å². The maximum atomic E-state index is 4.55. The average molecular weight is 372 g/mol. The number of fused-ring (bicyclic) bond motifs is 1. The summed E-state index contributed by atoms with van der Waals surface area (Å²) >= 11 is 0. The Bertz CT molecular complexity index is 668. The zero-order valence-electron chi connectivity index (χ0n) is 14.8. The lowest BCUT2D eigenvalue weighted by molar-refractivity contribution is -0.842. The highest BCUT2D eigenvalue weighted by molar-refractivity contribution is 6.10. The summed E-state index contributed by atoms with van der Waals surface area (Å²) < 4.78 is 2.30. The van der Waals surface area contributed by atoms with Crippen LogP contribution in [0, 0.1) is 0 Å². The molecular weight excluding hydrogens is 345 g/mol. The summed E-state index contributed by atoms with van der Waals surface area (Å²) in [5.74, 6) is 0. The zero-order chi connectivity index (χ0) is 15.9. The van der Waals surface area contributed by atoms with Crippen molar-refractivity contribution >= 4 is 22.8 Å². The van der Waals surface area contributed by atoms with E-state index in [9.17, 15) is 0 Å². The molecule has 24 heavy (non-hydrogen) atoms. The highest BCUT2D eigenvalue weighted by Gasteiger charge is 2.15. The zero-order valence-corrected chi connectivity index (χ0v) is 16.3. The van der Waals surface area contributed by atoms with Crippen LogP contribution in [0.4, 0.5) is 0 Å². The summed E-state index contributed by atoms with van der Waals surface area (Å²) in [5, 5.41) is 1.07. The third kappa shape index (κ3) is 5.30. The number of halogens is 2. The van der Waals surface area contributed by atoms with Crippen molar-refractivity contribution in [2.45, 2.75) is 27.7 Å². The fourth-order valence-corrected chi connectivity index (χ4v) is 2.55. The predicted octanol–water partition coefficient (Wildman–Crippen LogP) is -4.65. The fraction of sp³-hybridized carbons (Fsp3) is 0.471. The minimum Gasteiger partial charge on any atom is -1.00 e. The predicted molar refractivity (Wildman–Crippen MR) is 91.3 cm³/mol. The highest BCUT2D eigenvalue weighted by atomic mass is 35.5. The van der Waals surface area contributed by atoms with Crippen molar-refractivity contribution in [3.8, 4) is 0 Å². The third-order valence-corrected chi connectivity index (χ3v) is 4.03. The lowest BCUT2D eigenvalue weighted by Gasteiger charge is -2.11. The van der Waals surface area contributed by atoms with Crippen LogP contribution in [0.2, 0.25) is 0 Å². The molecule has 0 spiro atoms. The van der Waals surface area contributed by atoms with Crippen LogP contribution in [0.15, 0.2) is 24.8 Å². The average Bonchev–Trinajstić information content (AvgIpc) is 3.04. The number of rotatable bonds is 7. The van der Waals surface area contributed by atoms with E-state index in [1.54, 1.807) is 6.33 Å². The maximum absolute atomic E-state index is 4.55. The van der Waals surface area contributed by atoms with Gasteiger partial charge in [0.25, 0.3) is 0 Å². The van der Waals surface area contributed by atoms with Crippen LogP contribution in [0.5, 0.6) is 0 Å². The number of nitrogens with zero attached hydrogens (tertiary/aromatic N) is 3. The molecule has 0 unspecified atom stereocenters. The molecule has 2 heterocycles. The van der Waals surface area contributed by atoms with Crippen molar-refractivity contribution < 1.29 is 34.3 Å². The molecule has 0 aliphatic heterocycles. The first-order valence-corrected chi connectivity index (χ1v) is 8.17. The van der Waals surface area contributed by atoms with Crippen molar-refractivity contribution in [2.24, 2.45) is 0 Å². The summed E-state index contributed by atoms with van der Waals surface area (Å²) in [6, 6.07) is 2.05. The van der Waals surface area contributed by atoms with Crippen LogP contribution in [0.1, 0.15) is 33.4 Å². The van der Waals surface area contributed by atoms with Gasteiger partial charge in [-0.25, -0.2) is 14.5 Å². The van der Waals surface area contributed by atoms with Gasteiger partial charge in [0.15, 0.2) is 6.21 Å². The molecule has 7 heteroatoms. The van der Waals surface area contributed by atoms with Gasteiger partial charge in [0.05, 0.1) is 18.8 Å². The molecular formula is C17H27Cl2N5. The molecule has 2 aromatic heterocycles. The molecule has 0 amide bonds. The molecule has 0 aliphatic rings. The van der Waals surface area contributed by atoms with Gasteiger partial charge in [-0.3, -0.25) is 0 Å². The first-order valence-electron chi connectivity index (χ1n) is 8.17. The van der Waals surface area contributed by atoms with Gasteiger partial charge in [0, 0.05) is 11.6 Å². The van der Waals surface area contributed by atoms with E-state index in [0.29, 0.717) is 0 Å². The maximum Gasteiger partial charge on any atom is 0.178 e. The summed E-state index contributed by atoms with van der Waals surface area (Å²) in [4.78, 5) is 13.4. The number of hydrogen-bond acceptors (Lipinski definition) is 2. The molecule has 134 valence electrons. The van der Waals surface area contributed by atoms with Crippen molar-refractivity contribution in [1.82, 2.24) is 15.0 Å². The second-order valence-electron chi connectivity index (χ2n) is 5.28. The van der Waals surface area contributed by atoms with Gasteiger partial charge in [-0.2, -0.15) is 0 Å². The molecule has 0 aromatic carbocycles. The molecule has 0 atom stereocenters. The Morgan fingerprint density at radius 3 is 2.38 bits per heavy atom. The Labute approximate surface area is 156 Å². The monoisotopic (exact) mass is 371 g/mol. The van der Waals surface area contributed by atoms with E-state index in [0.717, 1.165) is 48.5 Å². The van der Waals surface area contributed by atoms with Crippen LogP contribution in [0.3, 0.4) is 0 Å². The lowest BCUT2D eigenvalue weighted by Crippen LogP contribution is -3.06. The van der Waals surface area contributed by atoms with Gasteiger partial charge in [-0.05, 0) is 33.8 Å². The Morgan fingerprint density at radius 1 is 1.12 bits per heavy atom. The van der Waals surface area contributed by atoms with Crippen molar-refractivity contribution in [3.63, 3.8) is 0 Å². The lowest BCUT2D eigenvalue weighted by atomic mass is 10.1. The largest absolute Gasteiger partial charge is 1.00 e. The van der Waals surface area contributed by atoms with E-state index in [1.807, 2.05) is 12.3 Å². The standard InChI is InChI=1S/C17H26N5.2ClH/c1-5-21(6-2)11-14(12-22(7-3)8-4)16-15-9-10-18-17(15)20-13-19-16;;/h9-13H,5-8H2,1-4H3,(H,18,19,20);2*1H/q+1;;/p-1. The minimum absolute atomic E-state index is 0. The van der Waals surface area contributed by atoms with E-state index in [4.69, 9.17) is 0 Å². The minimum atomic E-state index is 0. The van der Waals surface area contributed by atoms with Crippen LogP contribution < -0.4 is 29.7 Å². The van der Waals surface area contributed by atoms with Crippen LogP contribution in [-0.2, 0) is 0 Å². The van der Waals surface area contributed by atoms with Gasteiger partial charge >= 0.3 is 0 Å². The number of hydrogen-bond donors (Lipinski definition) is 2. The summed E-state index contributed by atoms with van der Waals surface area (Å²) in [7, 11) is 0. The van der Waals surface area contributed by atoms with E-state index in [-0.39, 0.29) is 24.8 Å². The van der Waals surface area contributed by atoms with Gasteiger partial charge in [0.2, 0.25) is 0 Å². The van der Waals surface area contributed by atoms with Crippen molar-refractivity contribution in [1.29, 1.82) is 0 Å². The molecule has 0 radical (unpaired) electrons. The van der Waals surface area contributed by atoms with Crippen molar-refractivity contribution in [3.05, 3.63) is 30.5 Å². The molecule has 0 aliphatic carbocycles. The molecule has 5 nitrogen and oxygen atoms in total. The quantitative estimate of drug-likeness (QED) is 0.380. The van der Waals surface area contributed by atoms with E-state index >= 15 is 0 Å². The van der Waals surface area contributed by atoms with Crippen LogP contribution in [0.25, 0.3) is 16.6 Å². The Hall–Kier alpha value is -1.43. The second kappa shape index (κ2) is 11.2. The molecule has 2 N–H and O–H groups in total. The number of aromatic nitrogens is 3. The number of H-pyrrole nitrogens is 1. The fourth-order valence-electron chi connectivity index (χ4n) is 2.55. The second-order valence-corrected chi connectivity index (χ2v) is 5.28. The molecule has 0 saturated heterocycles. The Balaban J connectivity index is 0.00000264. The number of allylic oxidation sites excluding steroid dienone is 1. The molecule has 2 rings (SSSR count). The molecule has 2 aromatic rings. The first kappa shape index (κ1) is 22.6. The smallest absolute Gasteiger partial charge is 0.178 e. The van der Waals surface area contributed by atoms with Gasteiger partial charge in [-0.1, -0.05) is 0 Å². The van der Waals surface area contributed by atoms with Crippen LogP contribution in [-0.4, -0.2) is 51.9 Å². The third-order valence-electron chi connectivity index (χ3n) is 4.03. The Kier molecular flexibility index (Phi) is 10.5. The van der Waals surface area contributed by atoms with E-state index < -0.39 is 0 Å². The molecule has 0 saturated carbocycles. The van der Waals surface area contributed by atoms with Gasteiger partial charge in [0.1, 0.15) is 36.8 Å². The highest BCUT2D eigenvalue weighted by Crippen LogP contribution is 2.18. The first-order chi connectivity index (χ1) is 10.7. The van der Waals surface area contributed by atoms with Gasteiger partial charge in [-0.15, -0.1) is 0 Å². The normalized spacial score (nSPS) is 11.1. The summed E-state index contributed by atoms with van der Waals surface area (Å²) in [5.41, 5.74) is 3.05. The van der Waals surface area contributed by atoms with E-state index in [2.05, 4.69) is 59.6 Å². The summed E-state index contributed by atoms with van der Waals surface area (Å²) in [6.07, 6.45) is 8.06. The number of aromatic amines is 1. The summed E-state index contributed by atoms with van der Waals surface area (Å²) in [6.45, 7) is 12.9. The SMILES string of the molecule is CC[N+](=C/C(=C\[NH+](CC)CC)c1ncnc2[nH]ccc12)CC.[Cl-].[Cl-]. The Morgan fingerprint density at radius 2 is 1.79 bits per heavy atom. The van der Waals surface area contributed by atoms with Crippen molar-refractivity contribution in [2.75, 3.05) is 26.2 Å². The van der Waals surface area contributed by atoms with E-state index in [1.165, 1.54) is 4.90 Å².